The SMILES string of the molecule is CCN1CCN(CC(=O)N(C)CC(O)COC)CC1. The molecular weight excluding hydrogens is 246 g/mol. The third-order valence-electron chi connectivity index (χ3n) is 3.54. The molecule has 0 aromatic heterocycles. The van der Waals surface area contributed by atoms with Crippen LogP contribution in [0.2, 0.25) is 0 Å². The molecule has 1 fully saturated rings. The van der Waals surface area contributed by atoms with Crippen LogP contribution in [0.25, 0.3) is 0 Å². The number of carbonyl (C=O) groups excluding carboxylic acids is 1. The summed E-state index contributed by atoms with van der Waals surface area (Å²) in [7, 11) is 3.27. The summed E-state index contributed by atoms with van der Waals surface area (Å²) in [5.41, 5.74) is 0. The maximum Gasteiger partial charge on any atom is 0.236 e. The minimum Gasteiger partial charge on any atom is -0.389 e. The minimum absolute atomic E-state index is 0.0556. The van der Waals surface area contributed by atoms with Gasteiger partial charge in [0.25, 0.3) is 0 Å². The molecule has 0 aromatic carbocycles. The highest BCUT2D eigenvalue weighted by Crippen LogP contribution is 2.02. The number of likely N-dealkylation sites (N-methyl/N-ethyl adjacent to an activating group) is 2. The quantitative estimate of drug-likeness (QED) is 0.651. The fraction of sp³-hybridized carbons (Fsp3) is 0.923. The van der Waals surface area contributed by atoms with E-state index < -0.39 is 6.10 Å². The van der Waals surface area contributed by atoms with Crippen LogP contribution < -0.4 is 0 Å². The Morgan fingerprint density at radius 1 is 1.32 bits per heavy atom. The van der Waals surface area contributed by atoms with Crippen LogP contribution >= 0.6 is 0 Å². The lowest BCUT2D eigenvalue weighted by Crippen LogP contribution is -2.50. The van der Waals surface area contributed by atoms with Gasteiger partial charge in [0.15, 0.2) is 0 Å². The molecule has 6 nitrogen and oxygen atoms in total. The van der Waals surface area contributed by atoms with Gasteiger partial charge >= 0.3 is 0 Å². The second-order valence-corrected chi connectivity index (χ2v) is 5.09. The molecular formula is C13H27N3O3. The molecule has 112 valence electrons. The largest absolute Gasteiger partial charge is 0.389 e. The summed E-state index contributed by atoms with van der Waals surface area (Å²) in [5.74, 6) is 0.0556. The predicted octanol–water partition coefficient (Wildman–Crippen LogP) is -0.910. The number of methoxy groups -OCH3 is 1. The predicted molar refractivity (Wildman–Crippen MR) is 74.1 cm³/mol. The number of hydrogen-bond donors (Lipinski definition) is 1. The first-order valence-electron chi connectivity index (χ1n) is 6.92. The number of aliphatic hydroxyl groups is 1. The molecule has 0 aromatic rings. The van der Waals surface area contributed by atoms with E-state index in [4.69, 9.17) is 4.74 Å². The molecule has 1 unspecified atom stereocenters. The molecule has 0 spiro atoms. The number of ether oxygens (including phenoxy) is 1. The Morgan fingerprint density at radius 2 is 1.89 bits per heavy atom. The molecule has 6 heteroatoms. The van der Waals surface area contributed by atoms with Crippen LogP contribution in [0.5, 0.6) is 0 Å². The van der Waals surface area contributed by atoms with Crippen LogP contribution in [0.15, 0.2) is 0 Å². The molecule has 1 heterocycles. The third kappa shape index (κ3) is 5.86. The Bertz CT molecular complexity index is 268. The van der Waals surface area contributed by atoms with Gasteiger partial charge in [0.2, 0.25) is 5.91 Å². The zero-order valence-corrected chi connectivity index (χ0v) is 12.3. The first-order chi connectivity index (χ1) is 9.06. The highest BCUT2D eigenvalue weighted by atomic mass is 16.5. The third-order valence-corrected chi connectivity index (χ3v) is 3.54. The van der Waals surface area contributed by atoms with Crippen molar-refractivity contribution in [3.8, 4) is 0 Å². The molecule has 0 radical (unpaired) electrons. The van der Waals surface area contributed by atoms with Gasteiger partial charge in [-0.2, -0.15) is 0 Å². The number of piperazine rings is 1. The molecule has 0 bridgehead atoms. The standard InChI is InChI=1S/C13H27N3O3/c1-4-15-5-7-16(8-6-15)10-13(18)14(2)9-12(17)11-19-3/h12,17H,4-11H2,1-3H3. The summed E-state index contributed by atoms with van der Waals surface area (Å²) in [5, 5.41) is 9.60. The number of nitrogens with zero attached hydrogens (tertiary/aromatic N) is 3. The van der Waals surface area contributed by atoms with E-state index >= 15 is 0 Å². The van der Waals surface area contributed by atoms with Crippen LogP contribution in [0.4, 0.5) is 0 Å². The van der Waals surface area contributed by atoms with Crippen molar-refractivity contribution in [2.24, 2.45) is 0 Å². The second-order valence-electron chi connectivity index (χ2n) is 5.09. The maximum atomic E-state index is 12.0. The van der Waals surface area contributed by atoms with Crippen molar-refractivity contribution in [2.75, 3.05) is 66.6 Å². The van der Waals surface area contributed by atoms with E-state index in [0.717, 1.165) is 32.7 Å². The molecule has 1 N–H and O–H groups in total. The highest BCUT2D eigenvalue weighted by Gasteiger charge is 2.20. The number of amides is 1. The average molecular weight is 273 g/mol. The number of carbonyl (C=O) groups is 1. The van der Waals surface area contributed by atoms with E-state index in [0.29, 0.717) is 13.1 Å². The van der Waals surface area contributed by atoms with Crippen molar-refractivity contribution in [1.29, 1.82) is 0 Å². The average Bonchev–Trinajstić information content (AvgIpc) is 2.39. The van der Waals surface area contributed by atoms with Crippen molar-refractivity contribution in [3.05, 3.63) is 0 Å². The lowest BCUT2D eigenvalue weighted by molar-refractivity contribution is -0.133. The fourth-order valence-electron chi connectivity index (χ4n) is 2.24. The number of hydrogen-bond acceptors (Lipinski definition) is 5. The molecule has 0 aliphatic carbocycles. The van der Waals surface area contributed by atoms with Gasteiger partial charge in [-0.15, -0.1) is 0 Å². The molecule has 19 heavy (non-hydrogen) atoms. The molecule has 1 atom stereocenters. The summed E-state index contributed by atoms with van der Waals surface area (Å²) >= 11 is 0. The summed E-state index contributed by atoms with van der Waals surface area (Å²) in [6, 6.07) is 0. The lowest BCUT2D eigenvalue weighted by atomic mass is 10.3. The van der Waals surface area contributed by atoms with E-state index in [2.05, 4.69) is 16.7 Å². The molecule has 1 aliphatic rings. The van der Waals surface area contributed by atoms with E-state index in [1.165, 1.54) is 7.11 Å². The fourth-order valence-corrected chi connectivity index (χ4v) is 2.24. The van der Waals surface area contributed by atoms with E-state index in [1.807, 2.05) is 0 Å². The van der Waals surface area contributed by atoms with Gasteiger partial charge in [-0.3, -0.25) is 9.69 Å². The van der Waals surface area contributed by atoms with Crippen molar-refractivity contribution in [2.45, 2.75) is 13.0 Å². The van der Waals surface area contributed by atoms with Crippen molar-refractivity contribution >= 4 is 5.91 Å². The first kappa shape index (κ1) is 16.4. The molecule has 1 amide bonds. The van der Waals surface area contributed by atoms with E-state index in [9.17, 15) is 9.90 Å². The smallest absolute Gasteiger partial charge is 0.236 e. The topological polar surface area (TPSA) is 56.2 Å². The molecule has 1 saturated heterocycles. The van der Waals surface area contributed by atoms with Crippen LogP contribution in [0.3, 0.4) is 0 Å². The Morgan fingerprint density at radius 3 is 2.42 bits per heavy atom. The van der Waals surface area contributed by atoms with Gasteiger partial charge in [-0.05, 0) is 6.54 Å². The van der Waals surface area contributed by atoms with Crippen LogP contribution in [-0.2, 0) is 9.53 Å². The Labute approximate surface area is 115 Å². The van der Waals surface area contributed by atoms with Gasteiger partial charge < -0.3 is 19.6 Å². The van der Waals surface area contributed by atoms with Gasteiger partial charge in [-0.1, -0.05) is 6.92 Å². The van der Waals surface area contributed by atoms with Crippen molar-refractivity contribution in [3.63, 3.8) is 0 Å². The molecule has 1 rings (SSSR count). The van der Waals surface area contributed by atoms with Crippen molar-refractivity contribution in [1.82, 2.24) is 14.7 Å². The highest BCUT2D eigenvalue weighted by molar-refractivity contribution is 5.78. The summed E-state index contributed by atoms with van der Waals surface area (Å²) < 4.78 is 4.85. The molecule has 0 saturated carbocycles. The van der Waals surface area contributed by atoms with Crippen LogP contribution in [0.1, 0.15) is 6.92 Å². The summed E-state index contributed by atoms with van der Waals surface area (Å²) in [6.07, 6.45) is -0.615. The van der Waals surface area contributed by atoms with Gasteiger partial charge in [0, 0.05) is 46.9 Å². The zero-order valence-electron chi connectivity index (χ0n) is 12.3. The summed E-state index contributed by atoms with van der Waals surface area (Å²) in [4.78, 5) is 18.2. The summed E-state index contributed by atoms with van der Waals surface area (Å²) in [6.45, 7) is 8.18. The van der Waals surface area contributed by atoms with Crippen molar-refractivity contribution < 1.29 is 14.6 Å². The minimum atomic E-state index is -0.615. The van der Waals surface area contributed by atoms with E-state index in [1.54, 1.807) is 11.9 Å². The Hall–Kier alpha value is -0.690. The van der Waals surface area contributed by atoms with Gasteiger partial charge in [-0.25, -0.2) is 0 Å². The zero-order chi connectivity index (χ0) is 14.3. The Balaban J connectivity index is 2.26. The number of aliphatic hydroxyl groups excluding tert-OH is 1. The lowest BCUT2D eigenvalue weighted by Gasteiger charge is -2.34. The number of rotatable bonds is 7. The second kappa shape index (κ2) is 8.47. The van der Waals surface area contributed by atoms with E-state index in [-0.39, 0.29) is 12.5 Å². The van der Waals surface area contributed by atoms with Gasteiger partial charge in [0.05, 0.1) is 19.3 Å². The normalized spacial score (nSPS) is 19.4. The molecule has 1 aliphatic heterocycles. The van der Waals surface area contributed by atoms with Gasteiger partial charge in [0.1, 0.15) is 0 Å². The maximum absolute atomic E-state index is 12.0. The first-order valence-corrected chi connectivity index (χ1v) is 6.92. The Kier molecular flexibility index (Phi) is 7.30. The van der Waals surface area contributed by atoms with Crippen LogP contribution in [0, 0.1) is 0 Å². The monoisotopic (exact) mass is 273 g/mol. The van der Waals surface area contributed by atoms with Crippen LogP contribution in [-0.4, -0.2) is 98.4 Å².